The number of hydrogen-bond donors (Lipinski definition) is 1. The van der Waals surface area contributed by atoms with Gasteiger partial charge in [0.15, 0.2) is 5.11 Å². The lowest BCUT2D eigenvalue weighted by atomic mass is 10.1. The third-order valence-corrected chi connectivity index (χ3v) is 5.56. The Hall–Kier alpha value is -2.71. The van der Waals surface area contributed by atoms with Crippen molar-refractivity contribution >= 4 is 46.2 Å². The van der Waals surface area contributed by atoms with Crippen molar-refractivity contribution in [3.8, 4) is 0 Å². The molecule has 7 nitrogen and oxygen atoms in total. The number of rotatable bonds is 4. The largest absolute Gasteiger partial charge is 0.367 e. The molecule has 1 aliphatic heterocycles. The molecule has 0 atom stereocenters. The zero-order valence-corrected chi connectivity index (χ0v) is 17.5. The minimum absolute atomic E-state index is 0.0340. The van der Waals surface area contributed by atoms with Crippen molar-refractivity contribution in [2.45, 2.75) is 13.3 Å². The standard InChI is InChI=1S/C20H21ClN4O3S/c1-2-14-3-5-15(6-4-14)19(26)22-20(29)24-11-9-23(10-12-24)18-8-7-16(25(27)28)13-17(18)21/h3-8,13H,2,9-12H2,1H3,(H,22,26,29). The Morgan fingerprint density at radius 3 is 2.38 bits per heavy atom. The molecule has 2 aromatic carbocycles. The maximum absolute atomic E-state index is 12.4. The van der Waals surface area contributed by atoms with E-state index in [1.165, 1.54) is 17.7 Å². The highest BCUT2D eigenvalue weighted by atomic mass is 35.5. The fourth-order valence-corrected chi connectivity index (χ4v) is 3.73. The number of aryl methyl sites for hydroxylation is 1. The molecular formula is C20H21ClN4O3S. The molecule has 0 aliphatic carbocycles. The summed E-state index contributed by atoms with van der Waals surface area (Å²) in [6, 6.07) is 11.9. The Balaban J connectivity index is 1.56. The van der Waals surface area contributed by atoms with E-state index in [1.807, 2.05) is 17.0 Å². The summed E-state index contributed by atoms with van der Waals surface area (Å²) in [5.74, 6) is -0.224. The molecule has 0 unspecified atom stereocenters. The zero-order valence-electron chi connectivity index (χ0n) is 15.9. The summed E-state index contributed by atoms with van der Waals surface area (Å²) >= 11 is 11.6. The molecule has 0 aromatic heterocycles. The zero-order chi connectivity index (χ0) is 21.0. The maximum atomic E-state index is 12.4. The molecule has 1 amide bonds. The third-order valence-electron chi connectivity index (χ3n) is 4.89. The monoisotopic (exact) mass is 432 g/mol. The molecule has 0 saturated carbocycles. The van der Waals surface area contributed by atoms with E-state index < -0.39 is 4.92 Å². The van der Waals surface area contributed by atoms with E-state index in [0.29, 0.717) is 41.9 Å². The van der Waals surface area contributed by atoms with E-state index >= 15 is 0 Å². The van der Waals surface area contributed by atoms with Gasteiger partial charge >= 0.3 is 0 Å². The van der Waals surface area contributed by atoms with Crippen molar-refractivity contribution in [2.75, 3.05) is 31.1 Å². The normalized spacial score (nSPS) is 13.9. The van der Waals surface area contributed by atoms with Gasteiger partial charge in [-0.05, 0) is 42.4 Å². The van der Waals surface area contributed by atoms with Crippen molar-refractivity contribution in [1.29, 1.82) is 0 Å². The van der Waals surface area contributed by atoms with Crippen molar-refractivity contribution in [1.82, 2.24) is 10.2 Å². The van der Waals surface area contributed by atoms with E-state index in [0.717, 1.165) is 12.1 Å². The Labute approximate surface area is 179 Å². The second-order valence-corrected chi connectivity index (χ2v) is 7.47. The molecule has 0 radical (unpaired) electrons. The Kier molecular flexibility index (Phi) is 6.66. The van der Waals surface area contributed by atoms with Crippen LogP contribution in [0.4, 0.5) is 11.4 Å². The van der Waals surface area contributed by atoms with Crippen molar-refractivity contribution in [2.24, 2.45) is 0 Å². The summed E-state index contributed by atoms with van der Waals surface area (Å²) in [7, 11) is 0. The number of nitro groups is 1. The van der Waals surface area contributed by atoms with Crippen LogP contribution in [0.5, 0.6) is 0 Å². The number of carbonyl (C=O) groups is 1. The predicted molar refractivity (Wildman–Crippen MR) is 118 cm³/mol. The van der Waals surface area contributed by atoms with Gasteiger partial charge < -0.3 is 9.80 Å². The van der Waals surface area contributed by atoms with Crippen LogP contribution in [0.1, 0.15) is 22.8 Å². The number of nitrogens with zero attached hydrogens (tertiary/aromatic N) is 3. The summed E-state index contributed by atoms with van der Waals surface area (Å²) in [6.07, 6.45) is 0.920. The molecule has 1 fully saturated rings. The van der Waals surface area contributed by atoms with E-state index in [9.17, 15) is 14.9 Å². The molecule has 152 valence electrons. The first kappa shape index (κ1) is 21.0. The number of hydrogen-bond acceptors (Lipinski definition) is 5. The van der Waals surface area contributed by atoms with E-state index in [2.05, 4.69) is 17.1 Å². The van der Waals surface area contributed by atoms with E-state index in [4.69, 9.17) is 23.8 Å². The number of nitrogens with one attached hydrogen (secondary N) is 1. The topological polar surface area (TPSA) is 78.7 Å². The molecule has 9 heteroatoms. The first-order valence-electron chi connectivity index (χ1n) is 9.27. The van der Waals surface area contributed by atoms with Crippen LogP contribution in [0.25, 0.3) is 0 Å². The van der Waals surface area contributed by atoms with Gasteiger partial charge in [0.05, 0.1) is 15.6 Å². The van der Waals surface area contributed by atoms with Crippen molar-refractivity contribution in [3.63, 3.8) is 0 Å². The average Bonchev–Trinajstić information content (AvgIpc) is 2.73. The minimum atomic E-state index is -0.468. The van der Waals surface area contributed by atoms with Crippen LogP contribution >= 0.6 is 23.8 Å². The van der Waals surface area contributed by atoms with Crippen LogP contribution in [0.15, 0.2) is 42.5 Å². The van der Waals surface area contributed by atoms with Crippen molar-refractivity contribution < 1.29 is 9.72 Å². The number of benzene rings is 2. The van der Waals surface area contributed by atoms with Gasteiger partial charge in [-0.25, -0.2) is 0 Å². The van der Waals surface area contributed by atoms with Crippen LogP contribution in [0.3, 0.4) is 0 Å². The number of non-ortho nitro benzene ring substituents is 1. The molecule has 1 N–H and O–H groups in total. The lowest BCUT2D eigenvalue weighted by Crippen LogP contribution is -2.52. The van der Waals surface area contributed by atoms with Gasteiger partial charge in [-0.2, -0.15) is 0 Å². The second-order valence-electron chi connectivity index (χ2n) is 6.68. The van der Waals surface area contributed by atoms with Crippen LogP contribution in [-0.2, 0) is 6.42 Å². The van der Waals surface area contributed by atoms with Gasteiger partial charge in [0.1, 0.15) is 0 Å². The first-order valence-corrected chi connectivity index (χ1v) is 10.1. The molecule has 0 bridgehead atoms. The predicted octanol–water partition coefficient (Wildman–Crippen LogP) is 3.65. The van der Waals surface area contributed by atoms with Gasteiger partial charge in [0.25, 0.3) is 11.6 Å². The smallest absolute Gasteiger partial charge is 0.271 e. The van der Waals surface area contributed by atoms with E-state index in [1.54, 1.807) is 18.2 Å². The Morgan fingerprint density at radius 1 is 1.17 bits per heavy atom. The third kappa shape index (κ3) is 5.02. The van der Waals surface area contributed by atoms with Crippen LogP contribution in [-0.4, -0.2) is 47.0 Å². The highest BCUT2D eigenvalue weighted by Gasteiger charge is 2.22. The quantitative estimate of drug-likeness (QED) is 0.451. The Morgan fingerprint density at radius 2 is 1.83 bits per heavy atom. The first-order chi connectivity index (χ1) is 13.9. The number of carbonyl (C=O) groups excluding carboxylic acids is 1. The number of halogens is 1. The maximum Gasteiger partial charge on any atom is 0.271 e. The number of nitro benzene ring substituents is 1. The minimum Gasteiger partial charge on any atom is -0.367 e. The van der Waals surface area contributed by atoms with Crippen LogP contribution in [0, 0.1) is 10.1 Å². The lowest BCUT2D eigenvalue weighted by molar-refractivity contribution is -0.384. The van der Waals surface area contributed by atoms with Gasteiger partial charge in [-0.15, -0.1) is 0 Å². The van der Waals surface area contributed by atoms with Gasteiger partial charge in [0.2, 0.25) is 0 Å². The number of anilines is 1. The molecule has 3 rings (SSSR count). The number of piperazine rings is 1. The van der Waals surface area contributed by atoms with Gasteiger partial charge in [0, 0.05) is 43.9 Å². The molecule has 0 spiro atoms. The number of thiocarbonyl (C=S) groups is 1. The molecule has 1 heterocycles. The number of amides is 1. The van der Waals surface area contributed by atoms with E-state index in [-0.39, 0.29) is 11.6 Å². The van der Waals surface area contributed by atoms with Crippen molar-refractivity contribution in [3.05, 3.63) is 68.7 Å². The van der Waals surface area contributed by atoms with Crippen LogP contribution < -0.4 is 10.2 Å². The molecule has 1 saturated heterocycles. The van der Waals surface area contributed by atoms with Crippen LogP contribution in [0.2, 0.25) is 5.02 Å². The molecule has 2 aromatic rings. The summed E-state index contributed by atoms with van der Waals surface area (Å²) in [6.45, 7) is 4.56. The fraction of sp³-hybridized carbons (Fsp3) is 0.300. The highest BCUT2D eigenvalue weighted by Crippen LogP contribution is 2.30. The highest BCUT2D eigenvalue weighted by molar-refractivity contribution is 7.80. The SMILES string of the molecule is CCc1ccc(C(=O)NC(=S)N2CCN(c3ccc([N+](=O)[O-])cc3Cl)CC2)cc1. The summed E-state index contributed by atoms with van der Waals surface area (Å²) in [4.78, 5) is 26.8. The summed E-state index contributed by atoms with van der Waals surface area (Å²) in [5, 5.41) is 14.4. The average molecular weight is 433 g/mol. The second kappa shape index (κ2) is 9.19. The fourth-order valence-electron chi connectivity index (χ4n) is 3.16. The molecule has 1 aliphatic rings. The lowest BCUT2D eigenvalue weighted by Gasteiger charge is -2.37. The summed E-state index contributed by atoms with van der Waals surface area (Å²) < 4.78 is 0. The molecular weight excluding hydrogens is 412 g/mol. The molecule has 29 heavy (non-hydrogen) atoms. The summed E-state index contributed by atoms with van der Waals surface area (Å²) in [5.41, 5.74) is 2.46. The Bertz CT molecular complexity index is 928. The van der Waals surface area contributed by atoms with Gasteiger partial charge in [-0.1, -0.05) is 30.7 Å². The van der Waals surface area contributed by atoms with Gasteiger partial charge in [-0.3, -0.25) is 20.2 Å².